The van der Waals surface area contributed by atoms with E-state index in [1.807, 2.05) is 24.3 Å². The van der Waals surface area contributed by atoms with Crippen molar-refractivity contribution in [2.24, 2.45) is 11.5 Å². The third-order valence-corrected chi connectivity index (χ3v) is 8.88. The van der Waals surface area contributed by atoms with E-state index in [0.29, 0.717) is 24.1 Å². The van der Waals surface area contributed by atoms with Gasteiger partial charge in [-0.2, -0.15) is 0 Å². The predicted molar refractivity (Wildman–Crippen MR) is 182 cm³/mol. The first kappa shape index (κ1) is 34.8. The number of phenolic OH excluding ortho intramolecular Hbond substituents is 1. The Morgan fingerprint density at radius 3 is 2.06 bits per heavy atom. The molecule has 4 aromatic carbocycles. The van der Waals surface area contributed by atoms with Crippen LogP contribution in [0.4, 0.5) is 0 Å². The van der Waals surface area contributed by atoms with Crippen LogP contribution in [0.25, 0.3) is 0 Å². The molecule has 0 aliphatic carbocycles. The molecule has 12 heteroatoms. The molecule has 0 saturated carbocycles. The summed E-state index contributed by atoms with van der Waals surface area (Å²) < 4.78 is 29.0. The molecule has 0 aliphatic heterocycles. The fourth-order valence-corrected chi connectivity index (χ4v) is 6.36. The molecule has 11 nitrogen and oxygen atoms in total. The lowest BCUT2D eigenvalue weighted by molar-refractivity contribution is -0.130. The average molecular weight is 657 g/mol. The summed E-state index contributed by atoms with van der Waals surface area (Å²) in [5.74, 6) is -1.41. The minimum absolute atomic E-state index is 0.0672. The van der Waals surface area contributed by atoms with Gasteiger partial charge in [-0.3, -0.25) is 15.0 Å². The van der Waals surface area contributed by atoms with Gasteiger partial charge < -0.3 is 27.2 Å². The second-order valence-electron chi connectivity index (χ2n) is 11.2. The van der Waals surface area contributed by atoms with E-state index in [0.717, 1.165) is 22.3 Å². The normalized spacial score (nSPS) is 12.5. The Labute approximate surface area is 275 Å². The molecule has 9 N–H and O–H groups in total. The van der Waals surface area contributed by atoms with Crippen molar-refractivity contribution in [1.82, 2.24) is 15.4 Å². The summed E-state index contributed by atoms with van der Waals surface area (Å²) in [4.78, 5) is 27.4. The fraction of sp³-hybridized carbons (Fsp3) is 0.229. The van der Waals surface area contributed by atoms with Gasteiger partial charge in [-0.25, -0.2) is 13.1 Å². The Bertz CT molecular complexity index is 1760. The first-order chi connectivity index (χ1) is 22.5. The van der Waals surface area contributed by atoms with Crippen molar-refractivity contribution in [3.8, 4) is 5.75 Å². The van der Waals surface area contributed by atoms with Gasteiger partial charge >= 0.3 is 0 Å². The minimum Gasteiger partial charge on any atom is -0.508 e. The third-order valence-electron chi connectivity index (χ3n) is 7.53. The molecule has 4 aromatic rings. The van der Waals surface area contributed by atoms with E-state index in [2.05, 4.69) is 15.4 Å². The number of carbonyl (C=O) groups is 2. The van der Waals surface area contributed by atoms with Gasteiger partial charge in [-0.05, 0) is 52.8 Å². The van der Waals surface area contributed by atoms with Crippen LogP contribution in [0.3, 0.4) is 0 Å². The highest BCUT2D eigenvalue weighted by atomic mass is 32.2. The van der Waals surface area contributed by atoms with Crippen LogP contribution in [0.1, 0.15) is 39.8 Å². The zero-order valence-corrected chi connectivity index (χ0v) is 26.7. The van der Waals surface area contributed by atoms with E-state index in [9.17, 15) is 23.1 Å². The average Bonchev–Trinajstić information content (AvgIpc) is 3.06. The van der Waals surface area contributed by atoms with Crippen molar-refractivity contribution in [2.45, 2.75) is 50.2 Å². The van der Waals surface area contributed by atoms with Crippen molar-refractivity contribution in [1.29, 1.82) is 5.41 Å². The first-order valence-electron chi connectivity index (χ1n) is 15.1. The molecule has 246 valence electrons. The van der Waals surface area contributed by atoms with Crippen molar-refractivity contribution in [2.75, 3.05) is 0 Å². The Morgan fingerprint density at radius 2 is 1.40 bits per heavy atom. The van der Waals surface area contributed by atoms with Gasteiger partial charge in [0.25, 0.3) is 0 Å². The number of nitrogen functional groups attached to an aromatic ring is 1. The maximum atomic E-state index is 13.8. The molecule has 47 heavy (non-hydrogen) atoms. The number of amides is 2. The standard InChI is InChI=1S/C35H40N6O5S/c36-21-28-8-4-7-27(19-28)20-32(34(43)39-22-25-9-14-29(15-10-25)33(37)38)40-35(44)31(18-13-24-11-16-30(42)17-12-24)41-47(45,46)23-26-5-2-1-3-6-26/h1-12,14-17,19,31-32,41-42H,13,18,20-23,36H2,(H3,37,38)(H,39,43)(H,40,44). The Hall–Kier alpha value is -5.04. The van der Waals surface area contributed by atoms with Gasteiger partial charge in [-0.15, -0.1) is 0 Å². The van der Waals surface area contributed by atoms with Crippen molar-refractivity contribution in [3.63, 3.8) is 0 Å². The van der Waals surface area contributed by atoms with Gasteiger partial charge in [0, 0.05) is 25.1 Å². The van der Waals surface area contributed by atoms with Crippen LogP contribution in [0.15, 0.2) is 103 Å². The highest BCUT2D eigenvalue weighted by molar-refractivity contribution is 7.88. The molecule has 0 radical (unpaired) electrons. The molecule has 0 heterocycles. The van der Waals surface area contributed by atoms with Crippen molar-refractivity contribution >= 4 is 27.7 Å². The second-order valence-corrected chi connectivity index (χ2v) is 13.0. The number of carbonyl (C=O) groups excluding carboxylic acids is 2. The lowest BCUT2D eigenvalue weighted by atomic mass is 10.0. The maximum absolute atomic E-state index is 13.8. The van der Waals surface area contributed by atoms with Gasteiger partial charge in [0.15, 0.2) is 0 Å². The number of rotatable bonds is 16. The molecule has 2 amide bonds. The number of aromatic hydroxyl groups is 1. The number of phenols is 1. The molecular formula is C35H40N6O5S. The summed E-state index contributed by atoms with van der Waals surface area (Å²) in [5.41, 5.74) is 15.7. The number of hydrogen-bond acceptors (Lipinski definition) is 7. The highest BCUT2D eigenvalue weighted by Crippen LogP contribution is 2.15. The van der Waals surface area contributed by atoms with E-state index >= 15 is 0 Å². The third kappa shape index (κ3) is 11.1. The smallest absolute Gasteiger partial charge is 0.243 e. The van der Waals surface area contributed by atoms with Crippen molar-refractivity contribution < 1.29 is 23.1 Å². The SMILES string of the molecule is N=C(N)c1ccc(CNC(=O)C(Cc2cccc(CN)c2)NC(=O)C(CCc2ccc(O)cc2)NS(=O)(=O)Cc2ccccc2)cc1. The lowest BCUT2D eigenvalue weighted by Crippen LogP contribution is -2.54. The predicted octanol–water partition coefficient (Wildman–Crippen LogP) is 2.60. The Morgan fingerprint density at radius 1 is 0.766 bits per heavy atom. The topological polar surface area (TPSA) is 200 Å². The molecule has 0 bridgehead atoms. The quantitative estimate of drug-likeness (QED) is 0.0710. The van der Waals surface area contributed by atoms with Crippen LogP contribution in [0.2, 0.25) is 0 Å². The Balaban J connectivity index is 1.55. The van der Waals surface area contributed by atoms with Crippen LogP contribution in [-0.2, 0) is 51.3 Å². The number of amidine groups is 1. The highest BCUT2D eigenvalue weighted by Gasteiger charge is 2.29. The van der Waals surface area contributed by atoms with Crippen LogP contribution < -0.4 is 26.8 Å². The van der Waals surface area contributed by atoms with E-state index in [4.69, 9.17) is 16.9 Å². The summed E-state index contributed by atoms with van der Waals surface area (Å²) >= 11 is 0. The summed E-state index contributed by atoms with van der Waals surface area (Å²) in [6, 6.07) is 27.1. The molecule has 2 unspecified atom stereocenters. The van der Waals surface area contributed by atoms with Crippen molar-refractivity contribution in [3.05, 3.63) is 137 Å². The number of hydrogen-bond donors (Lipinski definition) is 7. The second kappa shape index (κ2) is 16.5. The van der Waals surface area contributed by atoms with Gasteiger partial charge in [0.2, 0.25) is 21.8 Å². The Kier molecular flexibility index (Phi) is 12.2. The van der Waals surface area contributed by atoms with Crippen LogP contribution in [-0.4, -0.2) is 43.3 Å². The summed E-state index contributed by atoms with van der Waals surface area (Å²) in [5, 5.41) is 22.9. The number of nitrogens with one attached hydrogen (secondary N) is 4. The maximum Gasteiger partial charge on any atom is 0.243 e. The van der Waals surface area contributed by atoms with Gasteiger partial charge in [0.1, 0.15) is 23.7 Å². The number of benzene rings is 4. The zero-order chi connectivity index (χ0) is 33.8. The van der Waals surface area contributed by atoms with Crippen LogP contribution >= 0.6 is 0 Å². The number of nitrogens with two attached hydrogens (primary N) is 2. The van der Waals surface area contributed by atoms with Crippen LogP contribution in [0, 0.1) is 5.41 Å². The summed E-state index contributed by atoms with van der Waals surface area (Å²) in [7, 11) is -3.96. The molecule has 0 aromatic heterocycles. The molecular weight excluding hydrogens is 616 g/mol. The van der Waals surface area contributed by atoms with E-state index in [1.165, 1.54) is 12.1 Å². The molecule has 0 aliphatic rings. The van der Waals surface area contributed by atoms with Crippen LogP contribution in [0.5, 0.6) is 5.75 Å². The van der Waals surface area contributed by atoms with Gasteiger partial charge in [0.05, 0.1) is 5.75 Å². The van der Waals surface area contributed by atoms with E-state index in [-0.39, 0.29) is 36.7 Å². The fourth-order valence-electron chi connectivity index (χ4n) is 4.98. The number of sulfonamides is 1. The summed E-state index contributed by atoms with van der Waals surface area (Å²) in [6.07, 6.45) is 0.568. The van der Waals surface area contributed by atoms with E-state index < -0.39 is 33.9 Å². The monoisotopic (exact) mass is 656 g/mol. The lowest BCUT2D eigenvalue weighted by Gasteiger charge is -2.24. The molecule has 4 rings (SSSR count). The molecule has 2 atom stereocenters. The largest absolute Gasteiger partial charge is 0.508 e. The van der Waals surface area contributed by atoms with E-state index in [1.54, 1.807) is 66.7 Å². The molecule has 0 spiro atoms. The molecule has 0 fully saturated rings. The number of aryl methyl sites for hydroxylation is 1. The van der Waals surface area contributed by atoms with Gasteiger partial charge in [-0.1, -0.05) is 91.0 Å². The summed E-state index contributed by atoms with van der Waals surface area (Å²) in [6.45, 7) is 0.454. The molecule has 0 saturated heterocycles. The minimum atomic E-state index is -3.96. The zero-order valence-electron chi connectivity index (χ0n) is 25.9. The first-order valence-corrected chi connectivity index (χ1v) is 16.8.